The summed E-state index contributed by atoms with van der Waals surface area (Å²) in [4.78, 5) is 35.7. The van der Waals surface area contributed by atoms with Gasteiger partial charge in [0.15, 0.2) is 0 Å². The molecular formula is C14H16N2O3. The van der Waals surface area contributed by atoms with Gasteiger partial charge in [0, 0.05) is 6.42 Å². The normalized spacial score (nSPS) is 15.3. The fraction of sp³-hybridized carbons (Fsp3) is 0.357. The van der Waals surface area contributed by atoms with Crippen molar-refractivity contribution in [2.75, 3.05) is 13.1 Å². The number of nitrogens with one attached hydrogen (secondary N) is 1. The number of rotatable bonds is 3. The van der Waals surface area contributed by atoms with Crippen LogP contribution in [0.3, 0.4) is 0 Å². The Morgan fingerprint density at radius 3 is 2.47 bits per heavy atom. The number of carbonyl (C=O) groups is 3. The van der Waals surface area contributed by atoms with Gasteiger partial charge in [-0.1, -0.05) is 24.3 Å². The van der Waals surface area contributed by atoms with Crippen LogP contribution in [-0.4, -0.2) is 35.7 Å². The third kappa shape index (κ3) is 3.40. The monoisotopic (exact) mass is 260 g/mol. The minimum Gasteiger partial charge on any atom is -0.324 e. The van der Waals surface area contributed by atoms with Crippen molar-refractivity contribution in [3.63, 3.8) is 0 Å². The highest BCUT2D eigenvalue weighted by atomic mass is 16.2. The number of amides is 3. The average molecular weight is 260 g/mol. The first-order valence-electron chi connectivity index (χ1n) is 6.21. The molecule has 1 aromatic carbocycles. The van der Waals surface area contributed by atoms with Gasteiger partial charge < -0.3 is 4.90 Å². The SMILES string of the molecule is Cc1ccccc1CCC(=O)N1CC(=O)NC(=O)C1. The average Bonchev–Trinajstić information content (AvgIpc) is 2.36. The molecule has 0 aliphatic carbocycles. The van der Waals surface area contributed by atoms with E-state index in [-0.39, 0.29) is 19.0 Å². The van der Waals surface area contributed by atoms with Gasteiger partial charge in [-0.25, -0.2) is 0 Å². The lowest BCUT2D eigenvalue weighted by Crippen LogP contribution is -2.53. The molecule has 5 heteroatoms. The van der Waals surface area contributed by atoms with Crippen molar-refractivity contribution >= 4 is 17.7 Å². The lowest BCUT2D eigenvalue weighted by molar-refractivity contribution is -0.145. The second-order valence-electron chi connectivity index (χ2n) is 4.65. The minimum atomic E-state index is -0.416. The van der Waals surface area contributed by atoms with Crippen molar-refractivity contribution in [3.05, 3.63) is 35.4 Å². The summed E-state index contributed by atoms with van der Waals surface area (Å²) in [7, 11) is 0. The quantitative estimate of drug-likeness (QED) is 0.801. The highest BCUT2D eigenvalue weighted by Gasteiger charge is 2.25. The van der Waals surface area contributed by atoms with Crippen molar-refractivity contribution < 1.29 is 14.4 Å². The van der Waals surface area contributed by atoms with Crippen LogP contribution in [0.5, 0.6) is 0 Å². The van der Waals surface area contributed by atoms with Crippen molar-refractivity contribution in [3.8, 4) is 0 Å². The van der Waals surface area contributed by atoms with Gasteiger partial charge in [-0.3, -0.25) is 19.7 Å². The maximum absolute atomic E-state index is 12.0. The fourth-order valence-corrected chi connectivity index (χ4v) is 2.10. The molecule has 1 aliphatic heterocycles. The predicted octanol–water partition coefficient (Wildman–Crippen LogP) is 0.413. The molecule has 0 spiro atoms. The maximum atomic E-state index is 12.0. The predicted molar refractivity (Wildman–Crippen MR) is 69.2 cm³/mol. The molecule has 1 aromatic rings. The molecule has 0 unspecified atom stereocenters. The van der Waals surface area contributed by atoms with Crippen molar-refractivity contribution in [2.45, 2.75) is 19.8 Å². The smallest absolute Gasteiger partial charge is 0.246 e. The second-order valence-corrected chi connectivity index (χ2v) is 4.65. The summed E-state index contributed by atoms with van der Waals surface area (Å²) in [6.07, 6.45) is 0.934. The third-order valence-corrected chi connectivity index (χ3v) is 3.17. The van der Waals surface area contributed by atoms with E-state index in [9.17, 15) is 14.4 Å². The Hall–Kier alpha value is -2.17. The number of imide groups is 1. The molecule has 19 heavy (non-hydrogen) atoms. The molecule has 3 amide bonds. The summed E-state index contributed by atoms with van der Waals surface area (Å²) in [5.41, 5.74) is 2.26. The van der Waals surface area contributed by atoms with E-state index in [1.54, 1.807) is 0 Å². The number of hydrogen-bond donors (Lipinski definition) is 1. The van der Waals surface area contributed by atoms with Gasteiger partial charge >= 0.3 is 0 Å². The van der Waals surface area contributed by atoms with Gasteiger partial charge in [-0.05, 0) is 24.5 Å². The molecule has 1 saturated heterocycles. The first kappa shape index (κ1) is 13.3. The number of aryl methyl sites for hydroxylation is 2. The number of piperazine rings is 1. The van der Waals surface area contributed by atoms with Crippen molar-refractivity contribution in [1.82, 2.24) is 10.2 Å². The number of carbonyl (C=O) groups excluding carboxylic acids is 3. The molecule has 1 aliphatic rings. The zero-order valence-corrected chi connectivity index (χ0v) is 10.8. The van der Waals surface area contributed by atoms with E-state index in [0.29, 0.717) is 12.8 Å². The second kappa shape index (κ2) is 5.65. The Morgan fingerprint density at radius 2 is 1.84 bits per heavy atom. The van der Waals surface area contributed by atoms with Gasteiger partial charge in [-0.2, -0.15) is 0 Å². The van der Waals surface area contributed by atoms with Gasteiger partial charge in [-0.15, -0.1) is 0 Å². The van der Waals surface area contributed by atoms with E-state index in [0.717, 1.165) is 11.1 Å². The summed E-state index contributed by atoms with van der Waals surface area (Å²) >= 11 is 0. The molecule has 0 radical (unpaired) electrons. The molecule has 100 valence electrons. The summed E-state index contributed by atoms with van der Waals surface area (Å²) in [5.74, 6) is -0.993. The Labute approximate surface area is 111 Å². The molecule has 1 fully saturated rings. The summed E-state index contributed by atoms with van der Waals surface area (Å²) in [5, 5.41) is 2.18. The van der Waals surface area contributed by atoms with E-state index in [1.807, 2.05) is 31.2 Å². The Bertz CT molecular complexity index is 509. The molecule has 1 N–H and O–H groups in total. The van der Waals surface area contributed by atoms with Crippen LogP contribution in [0, 0.1) is 6.92 Å². The topological polar surface area (TPSA) is 66.5 Å². The number of nitrogens with zero attached hydrogens (tertiary/aromatic N) is 1. The van der Waals surface area contributed by atoms with Crippen LogP contribution in [-0.2, 0) is 20.8 Å². The van der Waals surface area contributed by atoms with Gasteiger partial charge in [0.25, 0.3) is 0 Å². The van der Waals surface area contributed by atoms with Crippen LogP contribution < -0.4 is 5.32 Å². The lowest BCUT2D eigenvalue weighted by Gasteiger charge is -2.25. The van der Waals surface area contributed by atoms with E-state index in [2.05, 4.69) is 5.32 Å². The molecule has 5 nitrogen and oxygen atoms in total. The summed E-state index contributed by atoms with van der Waals surface area (Å²) in [6.45, 7) is 1.94. The van der Waals surface area contributed by atoms with Gasteiger partial charge in [0.05, 0.1) is 0 Å². The van der Waals surface area contributed by atoms with E-state index >= 15 is 0 Å². The minimum absolute atomic E-state index is 0.0294. The highest BCUT2D eigenvalue weighted by molar-refractivity contribution is 6.02. The first-order chi connectivity index (χ1) is 9.06. The van der Waals surface area contributed by atoms with Crippen LogP contribution in [0.2, 0.25) is 0 Å². The Kier molecular flexibility index (Phi) is 3.94. The standard InChI is InChI=1S/C14H16N2O3/c1-10-4-2-3-5-11(10)6-7-14(19)16-8-12(17)15-13(18)9-16/h2-5H,6-9H2,1H3,(H,15,17,18). The molecule has 1 heterocycles. The van der Waals surface area contributed by atoms with E-state index in [4.69, 9.17) is 0 Å². The number of hydrogen-bond acceptors (Lipinski definition) is 3. The van der Waals surface area contributed by atoms with Crippen LogP contribution in [0.4, 0.5) is 0 Å². The Morgan fingerprint density at radius 1 is 1.21 bits per heavy atom. The molecule has 0 aromatic heterocycles. The highest BCUT2D eigenvalue weighted by Crippen LogP contribution is 2.11. The van der Waals surface area contributed by atoms with Crippen LogP contribution in [0.1, 0.15) is 17.5 Å². The number of benzene rings is 1. The zero-order chi connectivity index (χ0) is 13.8. The van der Waals surface area contributed by atoms with Gasteiger partial charge in [0.2, 0.25) is 17.7 Å². The van der Waals surface area contributed by atoms with E-state index in [1.165, 1.54) is 4.90 Å². The van der Waals surface area contributed by atoms with Crippen LogP contribution in [0.25, 0.3) is 0 Å². The molecule has 0 bridgehead atoms. The van der Waals surface area contributed by atoms with E-state index < -0.39 is 11.8 Å². The van der Waals surface area contributed by atoms with Crippen LogP contribution >= 0.6 is 0 Å². The third-order valence-electron chi connectivity index (χ3n) is 3.17. The molecule has 0 atom stereocenters. The summed E-state index contributed by atoms with van der Waals surface area (Å²) in [6, 6.07) is 7.87. The largest absolute Gasteiger partial charge is 0.324 e. The fourth-order valence-electron chi connectivity index (χ4n) is 2.10. The maximum Gasteiger partial charge on any atom is 0.246 e. The molecule has 2 rings (SSSR count). The summed E-state index contributed by atoms with van der Waals surface area (Å²) < 4.78 is 0. The zero-order valence-electron chi connectivity index (χ0n) is 10.8. The lowest BCUT2D eigenvalue weighted by atomic mass is 10.0. The van der Waals surface area contributed by atoms with Crippen molar-refractivity contribution in [1.29, 1.82) is 0 Å². The van der Waals surface area contributed by atoms with Crippen LogP contribution in [0.15, 0.2) is 24.3 Å². The first-order valence-corrected chi connectivity index (χ1v) is 6.21. The molecule has 0 saturated carbocycles. The Balaban J connectivity index is 1.93. The molecular weight excluding hydrogens is 244 g/mol. The van der Waals surface area contributed by atoms with Gasteiger partial charge in [0.1, 0.15) is 13.1 Å². The van der Waals surface area contributed by atoms with Crippen molar-refractivity contribution in [2.24, 2.45) is 0 Å².